The number of anilines is 1. The largest absolute Gasteiger partial charge is 0.462 e. The minimum atomic E-state index is -0.719. The van der Waals surface area contributed by atoms with Crippen LogP contribution in [0.2, 0.25) is 0 Å². The highest BCUT2D eigenvalue weighted by atomic mass is 19.1. The fraction of sp³-hybridized carbons (Fsp3) is 0.444. The lowest BCUT2D eigenvalue weighted by Gasteiger charge is -2.23. The number of esters is 1. The van der Waals surface area contributed by atoms with E-state index >= 15 is 0 Å². The normalized spacial score (nSPS) is 11.2. The Labute approximate surface area is 142 Å². The molecule has 0 heterocycles. The third-order valence-electron chi connectivity index (χ3n) is 3.41. The minimum absolute atomic E-state index is 0.147. The first-order valence-electron chi connectivity index (χ1n) is 7.90. The first kappa shape index (κ1) is 19.8. The van der Waals surface area contributed by atoms with Gasteiger partial charge in [-0.25, -0.2) is 9.18 Å². The van der Waals surface area contributed by atoms with Gasteiger partial charge >= 0.3 is 5.97 Å². The molecule has 0 N–H and O–H groups in total. The molecular weight excluding hydrogens is 313 g/mol. The molecule has 0 atom stereocenters. The van der Waals surface area contributed by atoms with Gasteiger partial charge in [0.2, 0.25) is 0 Å². The van der Waals surface area contributed by atoms with Crippen molar-refractivity contribution in [1.82, 2.24) is 0 Å². The van der Waals surface area contributed by atoms with Crippen molar-refractivity contribution >= 4 is 17.9 Å². The van der Waals surface area contributed by atoms with E-state index in [9.17, 15) is 14.0 Å². The monoisotopic (exact) mass is 337 g/mol. The molecule has 0 aliphatic rings. The van der Waals surface area contributed by atoms with Gasteiger partial charge in [-0.2, -0.15) is 0 Å². The topological polar surface area (TPSA) is 55.8 Å². The van der Waals surface area contributed by atoms with Crippen LogP contribution < -0.4 is 4.90 Å². The summed E-state index contributed by atoms with van der Waals surface area (Å²) in [5.74, 6) is -1.13. The maximum atomic E-state index is 14.3. The van der Waals surface area contributed by atoms with E-state index in [2.05, 4.69) is 0 Å². The number of unbranched alkanes of at least 4 members (excludes halogenated alkanes) is 1. The highest BCUT2D eigenvalue weighted by molar-refractivity contribution is 6.07. The molecule has 0 saturated heterocycles. The number of halogens is 1. The molecule has 0 aromatic heterocycles. The number of nitrogens with zero attached hydrogens (tertiary/aromatic N) is 1. The van der Waals surface area contributed by atoms with Gasteiger partial charge in [0.05, 0.1) is 12.3 Å². The van der Waals surface area contributed by atoms with Crippen molar-refractivity contribution in [3.8, 4) is 0 Å². The van der Waals surface area contributed by atoms with Crippen LogP contribution in [0.1, 0.15) is 25.3 Å². The van der Waals surface area contributed by atoms with E-state index in [1.165, 1.54) is 12.3 Å². The summed E-state index contributed by atoms with van der Waals surface area (Å²) in [6.07, 6.45) is 3.27. The number of methoxy groups -OCH3 is 1. The first-order valence-corrected chi connectivity index (χ1v) is 7.90. The summed E-state index contributed by atoms with van der Waals surface area (Å²) in [5.41, 5.74) is 0.914. The number of carbonyl (C=O) groups is 2. The second-order valence-corrected chi connectivity index (χ2v) is 5.22. The summed E-state index contributed by atoms with van der Waals surface area (Å²) in [6.45, 7) is 4.63. The van der Waals surface area contributed by atoms with Crippen molar-refractivity contribution in [2.45, 2.75) is 26.7 Å². The van der Waals surface area contributed by atoms with Gasteiger partial charge in [0, 0.05) is 26.5 Å². The standard InChI is InChI=1S/C18H24FNO4/c1-4-24-18(22)15(13-21)12-20(10-5-6-11-23-3)17-14(2)8-7-9-16(17)19/h7-9,12-13H,4-6,10-11H2,1-3H3/b15-12+. The van der Waals surface area contributed by atoms with Crippen LogP contribution in [0.25, 0.3) is 0 Å². The molecule has 24 heavy (non-hydrogen) atoms. The van der Waals surface area contributed by atoms with Crippen LogP contribution in [-0.2, 0) is 19.1 Å². The van der Waals surface area contributed by atoms with Crippen LogP contribution in [0.4, 0.5) is 10.1 Å². The van der Waals surface area contributed by atoms with Crippen LogP contribution in [0, 0.1) is 12.7 Å². The third-order valence-corrected chi connectivity index (χ3v) is 3.41. The number of aryl methyl sites for hydroxylation is 1. The third kappa shape index (κ3) is 5.77. The van der Waals surface area contributed by atoms with Crippen molar-refractivity contribution < 1.29 is 23.5 Å². The molecule has 1 aromatic rings. The Kier molecular flexibility index (Phi) is 8.71. The van der Waals surface area contributed by atoms with Crippen molar-refractivity contribution in [1.29, 1.82) is 0 Å². The molecule has 0 fully saturated rings. The molecule has 132 valence electrons. The van der Waals surface area contributed by atoms with E-state index in [0.717, 1.165) is 6.42 Å². The Bertz CT molecular complexity index is 566. The highest BCUT2D eigenvalue weighted by Gasteiger charge is 2.16. The molecule has 0 bridgehead atoms. The Hall–Kier alpha value is -2.21. The number of hydrogen-bond acceptors (Lipinski definition) is 5. The summed E-state index contributed by atoms with van der Waals surface area (Å²) in [7, 11) is 1.62. The number of ether oxygens (including phenoxy) is 2. The Balaban J connectivity index is 3.13. The second-order valence-electron chi connectivity index (χ2n) is 5.22. The maximum absolute atomic E-state index is 14.3. The molecule has 0 amide bonds. The Morgan fingerprint density at radius 2 is 2.08 bits per heavy atom. The van der Waals surface area contributed by atoms with E-state index in [4.69, 9.17) is 9.47 Å². The fourth-order valence-corrected chi connectivity index (χ4v) is 2.27. The summed E-state index contributed by atoms with van der Waals surface area (Å²) < 4.78 is 24.1. The van der Waals surface area contributed by atoms with E-state index in [0.29, 0.717) is 37.1 Å². The van der Waals surface area contributed by atoms with E-state index in [-0.39, 0.29) is 12.2 Å². The lowest BCUT2D eigenvalue weighted by atomic mass is 10.1. The minimum Gasteiger partial charge on any atom is -0.462 e. The van der Waals surface area contributed by atoms with Gasteiger partial charge in [-0.1, -0.05) is 12.1 Å². The number of benzene rings is 1. The van der Waals surface area contributed by atoms with Gasteiger partial charge in [-0.3, -0.25) is 4.79 Å². The van der Waals surface area contributed by atoms with Crippen molar-refractivity contribution in [3.05, 3.63) is 41.4 Å². The quantitative estimate of drug-likeness (QED) is 0.164. The van der Waals surface area contributed by atoms with Crippen LogP contribution in [0.3, 0.4) is 0 Å². The first-order chi connectivity index (χ1) is 11.5. The molecular formula is C18H24FNO4. The van der Waals surface area contributed by atoms with Gasteiger partial charge in [-0.05, 0) is 38.3 Å². The summed E-state index contributed by atoms with van der Waals surface area (Å²) in [4.78, 5) is 24.6. The van der Waals surface area contributed by atoms with Crippen LogP contribution >= 0.6 is 0 Å². The Morgan fingerprint density at radius 3 is 2.67 bits per heavy atom. The van der Waals surface area contributed by atoms with Gasteiger partial charge < -0.3 is 14.4 Å². The van der Waals surface area contributed by atoms with Gasteiger partial charge in [-0.15, -0.1) is 0 Å². The second kappa shape index (κ2) is 10.5. The lowest BCUT2D eigenvalue weighted by molar-refractivity contribution is -0.139. The van der Waals surface area contributed by atoms with E-state index < -0.39 is 11.8 Å². The van der Waals surface area contributed by atoms with Crippen LogP contribution in [0.15, 0.2) is 30.0 Å². The highest BCUT2D eigenvalue weighted by Crippen LogP contribution is 2.25. The number of aldehydes is 1. The van der Waals surface area contributed by atoms with Crippen LogP contribution in [-0.4, -0.2) is 39.1 Å². The molecule has 0 spiro atoms. The number of para-hydroxylation sites is 1. The van der Waals surface area contributed by atoms with Crippen molar-refractivity contribution in [3.63, 3.8) is 0 Å². The molecule has 1 aromatic carbocycles. The molecule has 0 aliphatic heterocycles. The van der Waals surface area contributed by atoms with E-state index in [1.807, 2.05) is 0 Å². The fourth-order valence-electron chi connectivity index (χ4n) is 2.27. The zero-order chi connectivity index (χ0) is 17.9. The Morgan fingerprint density at radius 1 is 1.33 bits per heavy atom. The average Bonchev–Trinajstić information content (AvgIpc) is 2.55. The van der Waals surface area contributed by atoms with Crippen molar-refractivity contribution in [2.75, 3.05) is 31.8 Å². The molecule has 6 heteroatoms. The molecule has 5 nitrogen and oxygen atoms in total. The maximum Gasteiger partial charge on any atom is 0.342 e. The zero-order valence-corrected chi connectivity index (χ0v) is 14.4. The number of carbonyl (C=O) groups excluding carboxylic acids is 2. The molecule has 1 rings (SSSR count). The SMILES string of the molecule is CCOC(=O)/C(C=O)=C/N(CCCCOC)c1c(C)cccc1F. The lowest BCUT2D eigenvalue weighted by Crippen LogP contribution is -2.23. The summed E-state index contributed by atoms with van der Waals surface area (Å²) >= 11 is 0. The van der Waals surface area contributed by atoms with E-state index in [1.54, 1.807) is 38.0 Å². The molecule has 0 radical (unpaired) electrons. The van der Waals surface area contributed by atoms with Gasteiger partial charge in [0.25, 0.3) is 0 Å². The predicted octanol–water partition coefficient (Wildman–Crippen LogP) is 3.01. The number of rotatable bonds is 10. The smallest absolute Gasteiger partial charge is 0.342 e. The zero-order valence-electron chi connectivity index (χ0n) is 14.4. The molecule has 0 aliphatic carbocycles. The summed E-state index contributed by atoms with van der Waals surface area (Å²) in [6, 6.07) is 4.75. The van der Waals surface area contributed by atoms with Crippen molar-refractivity contribution in [2.24, 2.45) is 0 Å². The van der Waals surface area contributed by atoms with Crippen LogP contribution in [0.5, 0.6) is 0 Å². The molecule has 0 unspecified atom stereocenters. The average molecular weight is 337 g/mol. The predicted molar refractivity (Wildman–Crippen MR) is 90.4 cm³/mol. The van der Waals surface area contributed by atoms with Gasteiger partial charge in [0.15, 0.2) is 6.29 Å². The summed E-state index contributed by atoms with van der Waals surface area (Å²) in [5, 5.41) is 0. The number of hydrogen-bond donors (Lipinski definition) is 0. The molecule has 0 saturated carbocycles. The van der Waals surface area contributed by atoms with Gasteiger partial charge in [0.1, 0.15) is 11.4 Å².